The van der Waals surface area contributed by atoms with E-state index in [4.69, 9.17) is 0 Å². The summed E-state index contributed by atoms with van der Waals surface area (Å²) in [6, 6.07) is 4.44. The molecule has 0 radical (unpaired) electrons. The predicted octanol–water partition coefficient (Wildman–Crippen LogP) is 4.58. The van der Waals surface area contributed by atoms with Crippen LogP contribution in [0.25, 0.3) is 6.08 Å². The average molecular weight is 229 g/mol. The van der Waals surface area contributed by atoms with E-state index in [1.54, 1.807) is 0 Å². The SMILES string of the molecule is C=C(C)/C(C)=C/c1cc(C)cc(NC)c1CC. The summed E-state index contributed by atoms with van der Waals surface area (Å²) in [5, 5.41) is 3.28. The lowest BCUT2D eigenvalue weighted by Gasteiger charge is -2.13. The molecular weight excluding hydrogens is 206 g/mol. The summed E-state index contributed by atoms with van der Waals surface area (Å²) < 4.78 is 0. The van der Waals surface area contributed by atoms with Gasteiger partial charge in [-0.2, -0.15) is 0 Å². The van der Waals surface area contributed by atoms with Crippen LogP contribution in [0.15, 0.2) is 29.9 Å². The largest absolute Gasteiger partial charge is 0.388 e. The van der Waals surface area contributed by atoms with Crippen molar-refractivity contribution in [2.45, 2.75) is 34.1 Å². The van der Waals surface area contributed by atoms with Gasteiger partial charge in [-0.3, -0.25) is 0 Å². The first kappa shape index (κ1) is 13.6. The van der Waals surface area contributed by atoms with Crippen molar-refractivity contribution in [3.05, 3.63) is 46.5 Å². The Bertz CT molecular complexity index is 453. The Kier molecular flexibility index (Phi) is 4.56. The molecule has 1 heteroatoms. The fourth-order valence-electron chi connectivity index (χ4n) is 1.95. The quantitative estimate of drug-likeness (QED) is 0.745. The molecule has 0 aliphatic heterocycles. The Hall–Kier alpha value is -1.50. The minimum absolute atomic E-state index is 1.03. The number of rotatable bonds is 4. The smallest absolute Gasteiger partial charge is 0.0378 e. The molecule has 0 aliphatic carbocycles. The molecule has 0 bridgehead atoms. The summed E-state index contributed by atoms with van der Waals surface area (Å²) in [7, 11) is 1.98. The highest BCUT2D eigenvalue weighted by molar-refractivity contribution is 5.68. The van der Waals surface area contributed by atoms with Crippen molar-refractivity contribution >= 4 is 11.8 Å². The summed E-state index contributed by atoms with van der Waals surface area (Å²) in [5.41, 5.74) is 7.56. The third kappa shape index (κ3) is 3.23. The molecule has 0 saturated heterocycles. The van der Waals surface area contributed by atoms with Crippen LogP contribution in [0.1, 0.15) is 37.5 Å². The van der Waals surface area contributed by atoms with Crippen LogP contribution in [0.4, 0.5) is 5.69 Å². The van der Waals surface area contributed by atoms with E-state index in [1.165, 1.54) is 28.0 Å². The Labute approximate surface area is 105 Å². The maximum atomic E-state index is 3.99. The van der Waals surface area contributed by atoms with E-state index < -0.39 is 0 Å². The van der Waals surface area contributed by atoms with Crippen LogP contribution >= 0.6 is 0 Å². The van der Waals surface area contributed by atoms with E-state index in [1.807, 2.05) is 14.0 Å². The molecular formula is C16H23N. The minimum atomic E-state index is 1.03. The first-order valence-corrected chi connectivity index (χ1v) is 6.15. The lowest BCUT2D eigenvalue weighted by Crippen LogP contribution is -1.98. The molecule has 0 fully saturated rings. The van der Waals surface area contributed by atoms with Crippen molar-refractivity contribution < 1.29 is 0 Å². The standard InChI is InChI=1S/C16H23N/c1-7-15-14(10-13(5)11(2)3)8-12(4)9-16(15)17-6/h8-10,17H,2,7H2,1,3-6H3/b13-10+. The number of hydrogen-bond donors (Lipinski definition) is 1. The van der Waals surface area contributed by atoms with Crippen LogP contribution in [-0.4, -0.2) is 7.05 Å². The van der Waals surface area contributed by atoms with Gasteiger partial charge >= 0.3 is 0 Å². The molecule has 0 aromatic heterocycles. The Morgan fingerprint density at radius 2 is 2.00 bits per heavy atom. The number of anilines is 1. The van der Waals surface area contributed by atoms with Gasteiger partial charge in [-0.1, -0.05) is 31.2 Å². The Morgan fingerprint density at radius 1 is 1.35 bits per heavy atom. The van der Waals surface area contributed by atoms with Crippen molar-refractivity contribution in [3.63, 3.8) is 0 Å². The van der Waals surface area contributed by atoms with Crippen molar-refractivity contribution in [2.75, 3.05) is 12.4 Å². The maximum Gasteiger partial charge on any atom is 0.0378 e. The van der Waals surface area contributed by atoms with Gasteiger partial charge in [0.15, 0.2) is 0 Å². The van der Waals surface area contributed by atoms with Gasteiger partial charge in [0, 0.05) is 12.7 Å². The normalized spacial score (nSPS) is 11.5. The fourth-order valence-corrected chi connectivity index (χ4v) is 1.95. The number of allylic oxidation sites excluding steroid dienone is 2. The molecule has 0 amide bonds. The van der Waals surface area contributed by atoms with Crippen molar-refractivity contribution in [1.29, 1.82) is 0 Å². The molecule has 1 nitrogen and oxygen atoms in total. The van der Waals surface area contributed by atoms with Gasteiger partial charge in [0.25, 0.3) is 0 Å². The number of aryl methyl sites for hydroxylation is 1. The summed E-state index contributed by atoms with van der Waals surface area (Å²) in [6.07, 6.45) is 3.26. The zero-order valence-electron chi connectivity index (χ0n) is 11.6. The molecule has 1 N–H and O–H groups in total. The summed E-state index contributed by atoms with van der Waals surface area (Å²) >= 11 is 0. The first-order chi connectivity index (χ1) is 7.99. The van der Waals surface area contributed by atoms with Gasteiger partial charge in [0.1, 0.15) is 0 Å². The monoisotopic (exact) mass is 229 g/mol. The third-order valence-electron chi connectivity index (χ3n) is 3.10. The molecule has 1 aromatic carbocycles. The fraction of sp³-hybridized carbons (Fsp3) is 0.375. The van der Waals surface area contributed by atoms with Crippen LogP contribution in [-0.2, 0) is 6.42 Å². The zero-order chi connectivity index (χ0) is 13.0. The summed E-state index contributed by atoms with van der Waals surface area (Å²) in [5.74, 6) is 0. The first-order valence-electron chi connectivity index (χ1n) is 6.15. The molecule has 0 aliphatic rings. The zero-order valence-corrected chi connectivity index (χ0v) is 11.6. The molecule has 0 saturated carbocycles. The topological polar surface area (TPSA) is 12.0 Å². The van der Waals surface area contributed by atoms with Gasteiger partial charge in [0.2, 0.25) is 0 Å². The van der Waals surface area contributed by atoms with Gasteiger partial charge in [0.05, 0.1) is 0 Å². The summed E-state index contributed by atoms with van der Waals surface area (Å²) in [6.45, 7) is 12.5. The molecule has 17 heavy (non-hydrogen) atoms. The number of benzene rings is 1. The predicted molar refractivity (Wildman–Crippen MR) is 78.6 cm³/mol. The molecule has 0 unspecified atom stereocenters. The molecule has 0 heterocycles. The van der Waals surface area contributed by atoms with Gasteiger partial charge < -0.3 is 5.32 Å². The summed E-state index contributed by atoms with van der Waals surface area (Å²) in [4.78, 5) is 0. The Morgan fingerprint density at radius 3 is 2.47 bits per heavy atom. The second kappa shape index (κ2) is 5.72. The lowest BCUT2D eigenvalue weighted by molar-refractivity contribution is 1.12. The van der Waals surface area contributed by atoms with Crippen molar-refractivity contribution in [1.82, 2.24) is 0 Å². The van der Waals surface area contributed by atoms with E-state index in [9.17, 15) is 0 Å². The minimum Gasteiger partial charge on any atom is -0.388 e. The van der Waals surface area contributed by atoms with E-state index in [-0.39, 0.29) is 0 Å². The van der Waals surface area contributed by atoms with Crippen LogP contribution < -0.4 is 5.32 Å². The molecule has 0 spiro atoms. The second-order valence-electron chi connectivity index (χ2n) is 4.59. The van der Waals surface area contributed by atoms with Gasteiger partial charge in [-0.25, -0.2) is 0 Å². The van der Waals surface area contributed by atoms with Crippen LogP contribution in [0, 0.1) is 6.92 Å². The number of hydrogen-bond acceptors (Lipinski definition) is 1. The second-order valence-corrected chi connectivity index (χ2v) is 4.59. The van der Waals surface area contributed by atoms with E-state index in [2.05, 4.69) is 50.9 Å². The van der Waals surface area contributed by atoms with Crippen LogP contribution in [0.5, 0.6) is 0 Å². The third-order valence-corrected chi connectivity index (χ3v) is 3.10. The molecule has 1 rings (SSSR count). The highest BCUT2D eigenvalue weighted by atomic mass is 14.8. The maximum absolute atomic E-state index is 3.99. The highest BCUT2D eigenvalue weighted by Gasteiger charge is 2.06. The Balaban J connectivity index is 3.36. The average Bonchev–Trinajstić information content (AvgIpc) is 2.27. The van der Waals surface area contributed by atoms with Crippen LogP contribution in [0.2, 0.25) is 0 Å². The van der Waals surface area contributed by atoms with E-state index in [0.29, 0.717) is 0 Å². The molecule has 0 atom stereocenters. The van der Waals surface area contributed by atoms with Gasteiger partial charge in [-0.15, -0.1) is 0 Å². The van der Waals surface area contributed by atoms with Crippen LogP contribution in [0.3, 0.4) is 0 Å². The van der Waals surface area contributed by atoms with E-state index in [0.717, 1.165) is 12.0 Å². The lowest BCUT2D eigenvalue weighted by atomic mass is 9.97. The molecule has 1 aromatic rings. The van der Waals surface area contributed by atoms with Crippen molar-refractivity contribution in [3.8, 4) is 0 Å². The van der Waals surface area contributed by atoms with E-state index >= 15 is 0 Å². The highest BCUT2D eigenvalue weighted by Crippen LogP contribution is 2.25. The number of nitrogens with one attached hydrogen (secondary N) is 1. The molecule has 92 valence electrons. The van der Waals surface area contributed by atoms with Crippen molar-refractivity contribution in [2.24, 2.45) is 0 Å². The van der Waals surface area contributed by atoms with Gasteiger partial charge in [-0.05, 0) is 55.5 Å².